The monoisotopic (exact) mass is 556 g/mol. The second kappa shape index (κ2) is 11.0. The quantitative estimate of drug-likeness (QED) is 0.214. The van der Waals surface area contributed by atoms with Gasteiger partial charge >= 0.3 is 16.1 Å². The highest BCUT2D eigenvalue weighted by Gasteiger charge is 2.37. The van der Waals surface area contributed by atoms with Gasteiger partial charge in [0, 0.05) is 17.6 Å². The van der Waals surface area contributed by atoms with Crippen molar-refractivity contribution < 1.29 is 30.6 Å². The van der Waals surface area contributed by atoms with Crippen LogP contribution in [0.15, 0.2) is 94.9 Å². The number of allylic oxidation sites excluding steroid dienone is 1. The Hall–Kier alpha value is -4.23. The Labute approximate surface area is 219 Å². The number of nitrogens with two attached hydrogens (primary N) is 1. The number of pyridine rings is 1. The molecule has 38 heavy (non-hydrogen) atoms. The highest BCUT2D eigenvalue weighted by atomic mass is 32.2. The molecule has 0 saturated carbocycles. The van der Waals surface area contributed by atoms with Crippen LogP contribution in [-0.2, 0) is 33.9 Å². The van der Waals surface area contributed by atoms with Gasteiger partial charge in [0.2, 0.25) is 5.91 Å². The van der Waals surface area contributed by atoms with E-state index < -0.39 is 43.9 Å². The van der Waals surface area contributed by atoms with Crippen molar-refractivity contribution in [2.24, 2.45) is 11.8 Å². The van der Waals surface area contributed by atoms with Crippen LogP contribution in [0.3, 0.4) is 0 Å². The standard InChI is InChI=1S/C25H24N4O7S2/c26-17-8-12-19(13-9-17)37(32,33)29-18-10-14-20(15-11-18)38(34,35)36-25(31)22-6-2-1-5-21(22)24(30)28-23-7-3-4-16-27-23/h2-4,6-16,21-22,29H,1,5,26H2,(H,27,28,30). The second-order valence-electron chi connectivity index (χ2n) is 8.40. The second-order valence-corrected chi connectivity index (χ2v) is 11.6. The van der Waals surface area contributed by atoms with Gasteiger partial charge in [0.1, 0.15) is 10.7 Å². The molecule has 0 radical (unpaired) electrons. The average Bonchev–Trinajstić information content (AvgIpc) is 2.89. The van der Waals surface area contributed by atoms with Gasteiger partial charge in [-0.3, -0.25) is 14.3 Å². The molecule has 1 aliphatic carbocycles. The predicted molar refractivity (Wildman–Crippen MR) is 140 cm³/mol. The van der Waals surface area contributed by atoms with Crippen molar-refractivity contribution >= 4 is 49.2 Å². The topological polar surface area (TPSA) is 175 Å². The SMILES string of the molecule is Nc1ccc(S(=O)(=O)Nc2ccc(S(=O)(=O)OC(=O)C3C=CCCC3C(=O)Nc3ccccn3)cc2)cc1. The Bertz CT molecular complexity index is 1560. The first kappa shape index (κ1) is 26.8. The maximum absolute atomic E-state index is 12.8. The van der Waals surface area contributed by atoms with Gasteiger partial charge in [-0.1, -0.05) is 18.2 Å². The van der Waals surface area contributed by atoms with Gasteiger partial charge in [-0.15, -0.1) is 0 Å². The summed E-state index contributed by atoms with van der Waals surface area (Å²) >= 11 is 0. The predicted octanol–water partition coefficient (Wildman–Crippen LogP) is 2.92. The van der Waals surface area contributed by atoms with E-state index in [-0.39, 0.29) is 15.5 Å². The van der Waals surface area contributed by atoms with Gasteiger partial charge in [-0.25, -0.2) is 13.4 Å². The van der Waals surface area contributed by atoms with Crippen LogP contribution in [-0.4, -0.2) is 33.7 Å². The number of rotatable bonds is 8. The molecule has 2 aromatic carbocycles. The number of hydrogen-bond donors (Lipinski definition) is 3. The molecule has 2 atom stereocenters. The molecule has 0 fully saturated rings. The molecular weight excluding hydrogens is 532 g/mol. The Morgan fingerprint density at radius 1 is 0.921 bits per heavy atom. The summed E-state index contributed by atoms with van der Waals surface area (Å²) < 4.78 is 57.8. The van der Waals surface area contributed by atoms with Gasteiger partial charge in [-0.2, -0.15) is 8.42 Å². The molecule has 1 aromatic heterocycles. The van der Waals surface area contributed by atoms with Crippen molar-refractivity contribution in [3.63, 3.8) is 0 Å². The summed E-state index contributed by atoms with van der Waals surface area (Å²) in [4.78, 5) is 29.3. The minimum absolute atomic E-state index is 0.0282. The third kappa shape index (κ3) is 6.36. The molecule has 2 unspecified atom stereocenters. The van der Waals surface area contributed by atoms with Crippen LogP contribution in [0.1, 0.15) is 12.8 Å². The number of nitrogens with zero attached hydrogens (tertiary/aromatic N) is 1. The maximum Gasteiger partial charge on any atom is 0.341 e. The van der Waals surface area contributed by atoms with Gasteiger partial charge in [0.05, 0.1) is 16.7 Å². The number of hydrogen-bond acceptors (Lipinski definition) is 9. The number of amides is 1. The number of carbonyl (C=O) groups excluding carboxylic acids is 2. The highest BCUT2D eigenvalue weighted by molar-refractivity contribution is 7.92. The van der Waals surface area contributed by atoms with E-state index in [1.165, 1.54) is 48.7 Å². The van der Waals surface area contributed by atoms with Crippen molar-refractivity contribution in [1.29, 1.82) is 0 Å². The lowest BCUT2D eigenvalue weighted by Gasteiger charge is -2.24. The number of benzene rings is 2. The van der Waals surface area contributed by atoms with E-state index in [9.17, 15) is 26.4 Å². The lowest BCUT2D eigenvalue weighted by molar-refractivity contribution is -0.141. The molecule has 4 rings (SSSR count). The summed E-state index contributed by atoms with van der Waals surface area (Å²) in [5, 5.41) is 2.63. The average molecular weight is 557 g/mol. The summed E-state index contributed by atoms with van der Waals surface area (Å²) in [5.41, 5.74) is 6.07. The number of carbonyl (C=O) groups is 2. The number of sulfonamides is 1. The molecule has 11 nitrogen and oxygen atoms in total. The molecule has 0 saturated heterocycles. The van der Waals surface area contributed by atoms with Gasteiger partial charge in [0.15, 0.2) is 0 Å². The van der Waals surface area contributed by atoms with Gasteiger partial charge in [0.25, 0.3) is 10.0 Å². The molecule has 0 bridgehead atoms. The van der Waals surface area contributed by atoms with Crippen molar-refractivity contribution in [2.75, 3.05) is 15.8 Å². The van der Waals surface area contributed by atoms with E-state index in [0.717, 1.165) is 12.1 Å². The lowest BCUT2D eigenvalue weighted by Crippen LogP contribution is -2.36. The number of nitrogens with one attached hydrogen (secondary N) is 2. The summed E-state index contributed by atoms with van der Waals surface area (Å²) in [7, 11) is -8.49. The zero-order chi connectivity index (χ0) is 27.3. The van der Waals surface area contributed by atoms with Crippen LogP contribution >= 0.6 is 0 Å². The Morgan fingerprint density at radius 2 is 1.61 bits per heavy atom. The molecule has 1 amide bonds. The third-order valence-electron chi connectivity index (χ3n) is 5.72. The Kier molecular flexibility index (Phi) is 7.78. The molecule has 0 spiro atoms. The summed E-state index contributed by atoms with van der Waals surface area (Å²) in [6.07, 6.45) is 5.50. The minimum Gasteiger partial charge on any atom is -0.399 e. The van der Waals surface area contributed by atoms with Crippen LogP contribution in [0.4, 0.5) is 17.2 Å². The fourth-order valence-corrected chi connectivity index (χ4v) is 5.74. The first-order valence-electron chi connectivity index (χ1n) is 11.4. The van der Waals surface area contributed by atoms with E-state index in [0.29, 0.717) is 24.3 Å². The largest absolute Gasteiger partial charge is 0.399 e. The van der Waals surface area contributed by atoms with E-state index in [1.807, 2.05) is 0 Å². The van der Waals surface area contributed by atoms with Gasteiger partial charge < -0.3 is 15.2 Å². The van der Waals surface area contributed by atoms with E-state index in [2.05, 4.69) is 15.0 Å². The zero-order valence-corrected chi connectivity index (χ0v) is 21.5. The van der Waals surface area contributed by atoms with E-state index >= 15 is 0 Å². The van der Waals surface area contributed by atoms with Crippen LogP contribution in [0.5, 0.6) is 0 Å². The Morgan fingerprint density at radius 3 is 2.26 bits per heavy atom. The first-order chi connectivity index (χ1) is 18.0. The third-order valence-corrected chi connectivity index (χ3v) is 8.35. The molecule has 1 aliphatic rings. The minimum atomic E-state index is -4.55. The fraction of sp³-hybridized carbons (Fsp3) is 0.160. The molecule has 3 aromatic rings. The molecule has 4 N–H and O–H groups in total. The van der Waals surface area contributed by atoms with E-state index in [1.54, 1.807) is 24.3 Å². The van der Waals surface area contributed by atoms with Crippen LogP contribution in [0, 0.1) is 11.8 Å². The summed E-state index contributed by atoms with van der Waals surface area (Å²) in [6.45, 7) is 0. The normalized spacial score (nSPS) is 17.4. The smallest absolute Gasteiger partial charge is 0.341 e. The number of aromatic nitrogens is 1. The van der Waals surface area contributed by atoms with Crippen LogP contribution in [0.25, 0.3) is 0 Å². The maximum atomic E-state index is 12.8. The first-order valence-corrected chi connectivity index (χ1v) is 14.3. The van der Waals surface area contributed by atoms with Crippen molar-refractivity contribution in [1.82, 2.24) is 4.98 Å². The van der Waals surface area contributed by atoms with Crippen molar-refractivity contribution in [3.8, 4) is 0 Å². The summed E-state index contributed by atoms with van der Waals surface area (Å²) in [6, 6.07) is 15.2. The lowest BCUT2D eigenvalue weighted by atomic mass is 9.83. The summed E-state index contributed by atoms with van der Waals surface area (Å²) in [5.74, 6) is -3.25. The fourth-order valence-electron chi connectivity index (χ4n) is 3.79. The molecule has 0 aliphatic heterocycles. The molecule has 198 valence electrons. The van der Waals surface area contributed by atoms with Crippen LogP contribution in [0.2, 0.25) is 0 Å². The van der Waals surface area contributed by atoms with Crippen molar-refractivity contribution in [3.05, 3.63) is 85.1 Å². The highest BCUT2D eigenvalue weighted by Crippen LogP contribution is 2.29. The van der Waals surface area contributed by atoms with E-state index in [4.69, 9.17) is 9.92 Å². The Balaban J connectivity index is 1.44. The van der Waals surface area contributed by atoms with Gasteiger partial charge in [-0.05, 0) is 73.5 Å². The molecule has 1 heterocycles. The van der Waals surface area contributed by atoms with Crippen molar-refractivity contribution in [2.45, 2.75) is 22.6 Å². The van der Waals surface area contributed by atoms with Crippen LogP contribution < -0.4 is 15.8 Å². The molecular formula is C25H24N4O7S2. The molecule has 13 heteroatoms. The zero-order valence-electron chi connectivity index (χ0n) is 19.9. The number of nitrogen functional groups attached to an aromatic ring is 1. The number of anilines is 3.